The number of ether oxygens (including phenoxy) is 1. The summed E-state index contributed by atoms with van der Waals surface area (Å²) >= 11 is 0. The minimum Gasteiger partial charge on any atom is -0.320 e. The summed E-state index contributed by atoms with van der Waals surface area (Å²) in [5.41, 5.74) is 1.70. The number of benzene rings is 1. The molecule has 6 heteroatoms. The van der Waals surface area contributed by atoms with Crippen LogP contribution in [0.3, 0.4) is 0 Å². The van der Waals surface area contributed by atoms with E-state index in [0.717, 1.165) is 5.56 Å². The molecule has 1 heterocycles. The number of fused-ring (bicyclic) bond motifs is 1. The highest BCUT2D eigenvalue weighted by Crippen LogP contribution is 2.30. The molecule has 1 atom stereocenters. The number of rotatable bonds is 3. The molecule has 0 aliphatic carbocycles. The van der Waals surface area contributed by atoms with Crippen molar-refractivity contribution in [2.75, 3.05) is 0 Å². The summed E-state index contributed by atoms with van der Waals surface area (Å²) in [6.07, 6.45) is -3.96. The van der Waals surface area contributed by atoms with Gasteiger partial charge in [0.05, 0.1) is 5.52 Å². The zero-order chi connectivity index (χ0) is 14.2. The summed E-state index contributed by atoms with van der Waals surface area (Å²) in [6.45, 7) is 3.06. The van der Waals surface area contributed by atoms with Crippen molar-refractivity contribution in [3.8, 4) is 0 Å². The predicted octanol–water partition coefficient (Wildman–Crippen LogP) is 3.82. The van der Waals surface area contributed by atoms with Crippen molar-refractivity contribution >= 4 is 17.2 Å². The van der Waals surface area contributed by atoms with Crippen LogP contribution in [0.2, 0.25) is 0 Å². The Bertz CT molecular complexity index is 616. The van der Waals surface area contributed by atoms with E-state index in [1.807, 2.05) is 0 Å². The fraction of sp³-hybridized carbons (Fsp3) is 0.308. The Morgan fingerprint density at radius 3 is 2.63 bits per heavy atom. The smallest absolute Gasteiger partial charge is 0.320 e. The molecule has 0 fully saturated rings. The van der Waals surface area contributed by atoms with Gasteiger partial charge in [-0.1, -0.05) is 18.2 Å². The minimum absolute atomic E-state index is 0.344. The van der Waals surface area contributed by atoms with E-state index < -0.39 is 12.6 Å². The maximum absolute atomic E-state index is 12.3. The van der Waals surface area contributed by atoms with Gasteiger partial charge in [-0.25, -0.2) is 0 Å². The summed E-state index contributed by atoms with van der Waals surface area (Å²) in [5, 5.41) is 0.618. The van der Waals surface area contributed by atoms with Crippen molar-refractivity contribution < 1.29 is 22.7 Å². The zero-order valence-corrected chi connectivity index (χ0v) is 10.4. The molecule has 2 rings (SSSR count). The van der Waals surface area contributed by atoms with Crippen LogP contribution in [0.4, 0.5) is 13.2 Å². The number of alkyl halides is 3. The Labute approximate surface area is 107 Å². The summed E-state index contributed by atoms with van der Waals surface area (Å²) < 4.78 is 42.1. The first-order valence-electron chi connectivity index (χ1n) is 5.63. The lowest BCUT2D eigenvalue weighted by molar-refractivity contribution is -0.351. The first-order chi connectivity index (χ1) is 8.83. The van der Waals surface area contributed by atoms with Gasteiger partial charge in [0.2, 0.25) is 0 Å². The van der Waals surface area contributed by atoms with Crippen LogP contribution in [0.1, 0.15) is 29.1 Å². The maximum atomic E-state index is 12.3. The number of hydrogen-bond acceptors (Lipinski definition) is 2. The Morgan fingerprint density at radius 1 is 1.37 bits per heavy atom. The lowest BCUT2D eigenvalue weighted by atomic mass is 10.1. The van der Waals surface area contributed by atoms with Crippen LogP contribution >= 0.6 is 0 Å². The molecular formula is C13H12F3NO2. The van der Waals surface area contributed by atoms with Gasteiger partial charge in [-0.15, -0.1) is 13.2 Å². The number of carbonyl (C=O) groups excluding carboxylic acids is 1. The molecule has 0 saturated heterocycles. The van der Waals surface area contributed by atoms with Gasteiger partial charge < -0.3 is 4.57 Å². The molecule has 0 spiro atoms. The van der Waals surface area contributed by atoms with Crippen LogP contribution in [0.5, 0.6) is 0 Å². The average molecular weight is 271 g/mol. The van der Waals surface area contributed by atoms with E-state index in [9.17, 15) is 18.0 Å². The Kier molecular flexibility index (Phi) is 3.36. The third-order valence-corrected chi connectivity index (χ3v) is 2.91. The van der Waals surface area contributed by atoms with Crippen molar-refractivity contribution in [2.45, 2.75) is 26.4 Å². The zero-order valence-electron chi connectivity index (χ0n) is 10.4. The maximum Gasteiger partial charge on any atom is 0.524 e. The van der Waals surface area contributed by atoms with E-state index >= 15 is 0 Å². The fourth-order valence-corrected chi connectivity index (χ4v) is 2.15. The molecule has 0 aliphatic rings. The highest BCUT2D eigenvalue weighted by Gasteiger charge is 2.33. The highest BCUT2D eigenvalue weighted by molar-refractivity contribution is 5.98. The van der Waals surface area contributed by atoms with Crippen molar-refractivity contribution in [1.29, 1.82) is 0 Å². The van der Waals surface area contributed by atoms with Crippen molar-refractivity contribution in [3.05, 3.63) is 35.5 Å². The first-order valence-corrected chi connectivity index (χ1v) is 5.63. The summed E-state index contributed by atoms with van der Waals surface area (Å²) in [5.74, 6) is 0. The van der Waals surface area contributed by atoms with E-state index in [1.165, 1.54) is 17.7 Å². The number of aromatic nitrogens is 1. The van der Waals surface area contributed by atoms with E-state index in [2.05, 4.69) is 4.74 Å². The third kappa shape index (κ3) is 2.63. The molecular weight excluding hydrogens is 259 g/mol. The van der Waals surface area contributed by atoms with Gasteiger partial charge >= 0.3 is 6.36 Å². The summed E-state index contributed by atoms with van der Waals surface area (Å²) in [6, 6.07) is 5.22. The van der Waals surface area contributed by atoms with Gasteiger partial charge in [0.1, 0.15) is 6.23 Å². The molecule has 102 valence electrons. The normalized spacial score (nSPS) is 13.7. The second kappa shape index (κ2) is 4.70. The molecule has 0 radical (unpaired) electrons. The lowest BCUT2D eigenvalue weighted by Crippen LogP contribution is -2.20. The van der Waals surface area contributed by atoms with Crippen LogP contribution in [-0.4, -0.2) is 17.2 Å². The molecule has 0 aliphatic heterocycles. The van der Waals surface area contributed by atoms with E-state index in [4.69, 9.17) is 0 Å². The SMILES string of the molecule is Cc1cccc2c(C=O)cn(C(C)OC(F)(F)F)c12. The Hall–Kier alpha value is -1.82. The molecule has 1 unspecified atom stereocenters. The number of hydrogen-bond donors (Lipinski definition) is 0. The van der Waals surface area contributed by atoms with Crippen LogP contribution in [0.25, 0.3) is 10.9 Å². The van der Waals surface area contributed by atoms with E-state index in [0.29, 0.717) is 22.8 Å². The van der Waals surface area contributed by atoms with Crippen molar-refractivity contribution in [2.24, 2.45) is 0 Å². The van der Waals surface area contributed by atoms with Gasteiger partial charge in [0, 0.05) is 17.1 Å². The molecule has 1 aromatic heterocycles. The second-order valence-corrected chi connectivity index (χ2v) is 4.24. The van der Waals surface area contributed by atoms with Crippen LogP contribution < -0.4 is 0 Å². The van der Waals surface area contributed by atoms with Crippen LogP contribution in [-0.2, 0) is 4.74 Å². The molecule has 0 bridgehead atoms. The second-order valence-electron chi connectivity index (χ2n) is 4.24. The Balaban J connectivity index is 2.57. The predicted molar refractivity (Wildman–Crippen MR) is 63.9 cm³/mol. The van der Waals surface area contributed by atoms with Crippen molar-refractivity contribution in [3.63, 3.8) is 0 Å². The number of carbonyl (C=O) groups is 1. The Morgan fingerprint density at radius 2 is 2.05 bits per heavy atom. The van der Waals surface area contributed by atoms with E-state index in [1.54, 1.807) is 25.1 Å². The number of halogens is 3. The van der Waals surface area contributed by atoms with E-state index in [-0.39, 0.29) is 0 Å². The van der Waals surface area contributed by atoms with Crippen LogP contribution in [0, 0.1) is 6.92 Å². The lowest BCUT2D eigenvalue weighted by Gasteiger charge is -2.18. The molecule has 2 aromatic rings. The largest absolute Gasteiger partial charge is 0.524 e. The number of nitrogens with zero attached hydrogens (tertiary/aromatic N) is 1. The molecule has 0 saturated carbocycles. The molecule has 1 aromatic carbocycles. The van der Waals surface area contributed by atoms with Gasteiger partial charge in [-0.3, -0.25) is 9.53 Å². The number of aldehydes is 1. The molecule has 0 N–H and O–H groups in total. The quantitative estimate of drug-likeness (QED) is 0.795. The fourth-order valence-electron chi connectivity index (χ4n) is 2.15. The summed E-state index contributed by atoms with van der Waals surface area (Å²) in [4.78, 5) is 11.0. The average Bonchev–Trinajstić information content (AvgIpc) is 2.67. The molecule has 3 nitrogen and oxygen atoms in total. The van der Waals surface area contributed by atoms with Gasteiger partial charge in [0.15, 0.2) is 6.29 Å². The molecule has 19 heavy (non-hydrogen) atoms. The van der Waals surface area contributed by atoms with Gasteiger partial charge in [-0.05, 0) is 19.4 Å². The number of para-hydroxylation sites is 1. The minimum atomic E-state index is -4.72. The van der Waals surface area contributed by atoms with Crippen LogP contribution in [0.15, 0.2) is 24.4 Å². The third-order valence-electron chi connectivity index (χ3n) is 2.91. The van der Waals surface area contributed by atoms with Crippen molar-refractivity contribution in [1.82, 2.24) is 4.57 Å². The number of aryl methyl sites for hydroxylation is 1. The summed E-state index contributed by atoms with van der Waals surface area (Å²) in [7, 11) is 0. The molecule has 0 amide bonds. The topological polar surface area (TPSA) is 31.2 Å². The monoisotopic (exact) mass is 271 g/mol. The standard InChI is InChI=1S/C13H12F3NO2/c1-8-4-3-5-11-10(7-18)6-17(12(8)11)9(2)19-13(14,15)16/h3-7,9H,1-2H3. The van der Waals surface area contributed by atoms with Gasteiger partial charge in [-0.2, -0.15) is 0 Å². The highest BCUT2D eigenvalue weighted by atomic mass is 19.4. The first kappa shape index (κ1) is 13.6. The van der Waals surface area contributed by atoms with Gasteiger partial charge in [0.25, 0.3) is 0 Å².